The van der Waals surface area contributed by atoms with Gasteiger partial charge in [-0.3, -0.25) is 0 Å². The highest BCUT2D eigenvalue weighted by Gasteiger charge is 2.24. The molecule has 0 atom stereocenters. The molecule has 0 saturated carbocycles. The number of aromatic nitrogens is 2. The fraction of sp³-hybridized carbons (Fsp3) is 0.667. The van der Waals surface area contributed by atoms with E-state index in [4.69, 9.17) is 0 Å². The lowest BCUT2D eigenvalue weighted by Crippen LogP contribution is -2.32. The van der Waals surface area contributed by atoms with Gasteiger partial charge in [0.1, 0.15) is 5.82 Å². The van der Waals surface area contributed by atoms with Gasteiger partial charge in [0.05, 0.1) is 5.69 Å². The minimum Gasteiger partial charge on any atom is -0.367 e. The van der Waals surface area contributed by atoms with Gasteiger partial charge in [0.15, 0.2) is 0 Å². The molecule has 0 unspecified atom stereocenters. The zero-order valence-corrected chi connectivity index (χ0v) is 11.4. The van der Waals surface area contributed by atoms with Crippen LogP contribution in [-0.2, 0) is 0 Å². The summed E-state index contributed by atoms with van der Waals surface area (Å²) in [5.74, 6) is 0.867. The lowest BCUT2D eigenvalue weighted by atomic mass is 10.0. The summed E-state index contributed by atoms with van der Waals surface area (Å²) in [6, 6.07) is 3.97. The minimum absolute atomic E-state index is 0.312. The molecule has 0 radical (unpaired) electrons. The molecule has 1 heterocycles. The van der Waals surface area contributed by atoms with Gasteiger partial charge in [-0.25, -0.2) is 0 Å². The fourth-order valence-corrected chi connectivity index (χ4v) is 2.40. The van der Waals surface area contributed by atoms with Crippen molar-refractivity contribution in [3.8, 4) is 0 Å². The smallest absolute Gasteiger partial charge is 0.148 e. The van der Waals surface area contributed by atoms with E-state index < -0.39 is 0 Å². The van der Waals surface area contributed by atoms with Crippen LogP contribution in [0.1, 0.15) is 32.4 Å². The minimum atomic E-state index is 0.312. The molecule has 0 aromatic carbocycles. The van der Waals surface area contributed by atoms with Crippen molar-refractivity contribution in [1.29, 1.82) is 0 Å². The Balaban J connectivity index is 2.58. The number of hydrogen-bond acceptors (Lipinski definition) is 4. The normalized spacial score (nSPS) is 11.5. The predicted octanol–water partition coefficient (Wildman–Crippen LogP) is 3.12. The number of nitrogens with zero attached hydrogens (tertiary/aromatic N) is 2. The highest BCUT2D eigenvalue weighted by atomic mass is 32.2. The second kappa shape index (κ2) is 6.09. The summed E-state index contributed by atoms with van der Waals surface area (Å²) < 4.78 is 0.312. The number of anilines is 1. The van der Waals surface area contributed by atoms with Crippen molar-refractivity contribution < 1.29 is 0 Å². The van der Waals surface area contributed by atoms with E-state index in [0.29, 0.717) is 4.75 Å². The first-order chi connectivity index (χ1) is 7.65. The zero-order valence-electron chi connectivity index (χ0n) is 10.6. The Morgan fingerprint density at radius 2 is 1.94 bits per heavy atom. The van der Waals surface area contributed by atoms with Crippen LogP contribution in [0.3, 0.4) is 0 Å². The first-order valence-corrected chi connectivity index (χ1v) is 6.97. The van der Waals surface area contributed by atoms with Crippen molar-refractivity contribution in [2.24, 2.45) is 0 Å². The molecule has 0 bridgehead atoms. The van der Waals surface area contributed by atoms with Crippen LogP contribution in [0, 0.1) is 6.92 Å². The van der Waals surface area contributed by atoms with Crippen LogP contribution in [0.5, 0.6) is 0 Å². The van der Waals surface area contributed by atoms with Gasteiger partial charge in [-0.15, -0.1) is 5.10 Å². The molecule has 0 fully saturated rings. The third-order valence-corrected chi connectivity index (χ3v) is 4.70. The van der Waals surface area contributed by atoms with Gasteiger partial charge in [-0.1, -0.05) is 13.8 Å². The van der Waals surface area contributed by atoms with Crippen LogP contribution in [0.2, 0.25) is 0 Å². The zero-order chi connectivity index (χ0) is 12.0. The molecule has 16 heavy (non-hydrogen) atoms. The average molecular weight is 239 g/mol. The van der Waals surface area contributed by atoms with E-state index in [-0.39, 0.29) is 0 Å². The van der Waals surface area contributed by atoms with Crippen LogP contribution in [0.4, 0.5) is 5.82 Å². The van der Waals surface area contributed by atoms with Crippen LogP contribution in [0.15, 0.2) is 12.1 Å². The Bertz CT molecular complexity index is 298. The monoisotopic (exact) mass is 239 g/mol. The molecule has 0 aliphatic heterocycles. The molecule has 1 aromatic heterocycles. The first kappa shape index (κ1) is 13.3. The number of aryl methyl sites for hydroxylation is 1. The number of rotatable bonds is 6. The maximum absolute atomic E-state index is 4.11. The Kier molecular flexibility index (Phi) is 5.06. The lowest BCUT2D eigenvalue weighted by Gasteiger charge is -2.29. The predicted molar refractivity (Wildman–Crippen MR) is 72.1 cm³/mol. The summed E-state index contributed by atoms with van der Waals surface area (Å²) in [4.78, 5) is 0. The molecule has 0 saturated heterocycles. The van der Waals surface area contributed by atoms with Gasteiger partial charge >= 0.3 is 0 Å². The van der Waals surface area contributed by atoms with Gasteiger partial charge in [0.2, 0.25) is 0 Å². The Labute approximate surface area is 102 Å². The van der Waals surface area contributed by atoms with Crippen LogP contribution in [0.25, 0.3) is 0 Å². The summed E-state index contributed by atoms with van der Waals surface area (Å²) in [5.41, 5.74) is 0.952. The first-order valence-electron chi connectivity index (χ1n) is 5.75. The molecule has 0 amide bonds. The number of nitrogens with one attached hydrogen (secondary N) is 1. The molecule has 90 valence electrons. The SMILES string of the molecule is CCC(CC)(CNc1ccc(C)nn1)SC. The number of thioether (sulfide) groups is 1. The largest absolute Gasteiger partial charge is 0.367 e. The maximum Gasteiger partial charge on any atom is 0.148 e. The molecule has 0 aliphatic carbocycles. The van der Waals surface area contributed by atoms with E-state index in [9.17, 15) is 0 Å². The average Bonchev–Trinajstić information content (AvgIpc) is 2.34. The molecule has 4 heteroatoms. The second-order valence-electron chi connectivity index (χ2n) is 4.01. The van der Waals surface area contributed by atoms with Crippen molar-refractivity contribution in [3.05, 3.63) is 17.8 Å². The van der Waals surface area contributed by atoms with Crippen LogP contribution < -0.4 is 5.32 Å². The van der Waals surface area contributed by atoms with Crippen LogP contribution >= 0.6 is 11.8 Å². The van der Waals surface area contributed by atoms with Gasteiger partial charge in [-0.2, -0.15) is 16.9 Å². The van der Waals surface area contributed by atoms with Crippen molar-refractivity contribution in [1.82, 2.24) is 10.2 Å². The van der Waals surface area contributed by atoms with Crippen molar-refractivity contribution in [3.63, 3.8) is 0 Å². The van der Waals surface area contributed by atoms with Crippen molar-refractivity contribution in [2.45, 2.75) is 38.4 Å². The molecule has 0 spiro atoms. The molecule has 1 rings (SSSR count). The second-order valence-corrected chi connectivity index (χ2v) is 5.28. The van der Waals surface area contributed by atoms with Gasteiger partial charge in [0.25, 0.3) is 0 Å². The Hall–Kier alpha value is -0.770. The van der Waals surface area contributed by atoms with Crippen LogP contribution in [-0.4, -0.2) is 27.7 Å². The quantitative estimate of drug-likeness (QED) is 0.827. The molecule has 0 aliphatic rings. The molecular weight excluding hydrogens is 218 g/mol. The van der Waals surface area contributed by atoms with Gasteiger partial charge in [0, 0.05) is 11.3 Å². The van der Waals surface area contributed by atoms with E-state index >= 15 is 0 Å². The number of hydrogen-bond donors (Lipinski definition) is 1. The maximum atomic E-state index is 4.11. The standard InChI is InChI=1S/C12H21N3S/c1-5-12(6-2,16-4)9-13-11-8-7-10(3)14-15-11/h7-8H,5-6,9H2,1-4H3,(H,13,15). The summed E-state index contributed by atoms with van der Waals surface area (Å²) in [6.07, 6.45) is 4.50. The van der Waals surface area contributed by atoms with Gasteiger partial charge < -0.3 is 5.32 Å². The summed E-state index contributed by atoms with van der Waals surface area (Å²) in [6.45, 7) is 7.37. The van der Waals surface area contributed by atoms with E-state index in [1.165, 1.54) is 0 Å². The summed E-state index contributed by atoms with van der Waals surface area (Å²) in [5, 5.41) is 11.5. The third kappa shape index (κ3) is 3.37. The summed E-state index contributed by atoms with van der Waals surface area (Å²) in [7, 11) is 0. The lowest BCUT2D eigenvalue weighted by molar-refractivity contribution is 0.573. The Morgan fingerprint density at radius 1 is 1.25 bits per heavy atom. The third-order valence-electron chi connectivity index (χ3n) is 3.11. The molecule has 1 aromatic rings. The molecular formula is C12H21N3S. The topological polar surface area (TPSA) is 37.8 Å². The van der Waals surface area contributed by atoms with E-state index in [1.807, 2.05) is 30.8 Å². The highest BCUT2D eigenvalue weighted by Crippen LogP contribution is 2.30. The fourth-order valence-electron chi connectivity index (χ4n) is 1.61. The molecule has 1 N–H and O–H groups in total. The summed E-state index contributed by atoms with van der Waals surface area (Å²) >= 11 is 1.93. The van der Waals surface area contributed by atoms with Gasteiger partial charge in [-0.05, 0) is 38.2 Å². The van der Waals surface area contributed by atoms with Crippen molar-refractivity contribution in [2.75, 3.05) is 18.1 Å². The molecule has 3 nitrogen and oxygen atoms in total. The van der Waals surface area contributed by atoms with E-state index in [0.717, 1.165) is 30.9 Å². The highest BCUT2D eigenvalue weighted by molar-refractivity contribution is 8.00. The Morgan fingerprint density at radius 3 is 2.38 bits per heavy atom. The van der Waals surface area contributed by atoms with E-state index in [1.54, 1.807) is 0 Å². The van der Waals surface area contributed by atoms with Crippen molar-refractivity contribution >= 4 is 17.6 Å². The van der Waals surface area contributed by atoms with E-state index in [2.05, 4.69) is 35.6 Å².